The molecule has 1 atom stereocenters. The molecule has 1 aromatic carbocycles. The van der Waals surface area contributed by atoms with Crippen molar-refractivity contribution in [3.63, 3.8) is 0 Å². The normalized spacial score (nSPS) is 12.5. The summed E-state index contributed by atoms with van der Waals surface area (Å²) in [7, 11) is 1.65. The number of aliphatic hydroxyl groups is 1. The summed E-state index contributed by atoms with van der Waals surface area (Å²) >= 11 is 0. The van der Waals surface area contributed by atoms with E-state index in [1.54, 1.807) is 7.11 Å². The summed E-state index contributed by atoms with van der Waals surface area (Å²) in [5.74, 6) is 0.853. The van der Waals surface area contributed by atoms with E-state index in [2.05, 4.69) is 6.92 Å². The molecule has 14 heavy (non-hydrogen) atoms. The van der Waals surface area contributed by atoms with Gasteiger partial charge in [0.25, 0.3) is 0 Å². The fourth-order valence-corrected chi connectivity index (χ4v) is 1.51. The Morgan fingerprint density at radius 1 is 1.43 bits per heavy atom. The van der Waals surface area contributed by atoms with Gasteiger partial charge in [0.05, 0.1) is 13.2 Å². The zero-order chi connectivity index (χ0) is 10.4. The van der Waals surface area contributed by atoms with Crippen molar-refractivity contribution in [2.45, 2.75) is 32.3 Å². The minimum absolute atomic E-state index is 0.230. The molecule has 1 N–H and O–H groups in total. The first-order valence-electron chi connectivity index (χ1n) is 5.07. The van der Waals surface area contributed by atoms with Crippen molar-refractivity contribution in [2.24, 2.45) is 0 Å². The SMILES string of the molecule is CCC[C@H](O)Cc1cccc(OC)c1. The molecule has 0 radical (unpaired) electrons. The van der Waals surface area contributed by atoms with Gasteiger partial charge in [0.15, 0.2) is 0 Å². The van der Waals surface area contributed by atoms with Crippen molar-refractivity contribution >= 4 is 0 Å². The third kappa shape index (κ3) is 3.38. The molecule has 1 aromatic rings. The maximum absolute atomic E-state index is 9.63. The van der Waals surface area contributed by atoms with Crippen LogP contribution in [0.5, 0.6) is 5.75 Å². The van der Waals surface area contributed by atoms with Gasteiger partial charge >= 0.3 is 0 Å². The first-order valence-corrected chi connectivity index (χ1v) is 5.07. The van der Waals surface area contributed by atoms with Gasteiger partial charge in [-0.3, -0.25) is 0 Å². The van der Waals surface area contributed by atoms with E-state index in [-0.39, 0.29) is 6.10 Å². The number of hydrogen-bond acceptors (Lipinski definition) is 2. The van der Waals surface area contributed by atoms with Crippen LogP contribution in [0.25, 0.3) is 0 Å². The molecule has 0 fully saturated rings. The standard InChI is InChI=1S/C12H18O2/c1-3-5-11(13)8-10-6-4-7-12(9-10)14-2/h4,6-7,9,11,13H,3,5,8H2,1-2H3/t11-/m0/s1. The molecular formula is C12H18O2. The predicted molar refractivity (Wildman–Crippen MR) is 57.6 cm³/mol. The van der Waals surface area contributed by atoms with E-state index in [1.807, 2.05) is 24.3 Å². The van der Waals surface area contributed by atoms with E-state index < -0.39 is 0 Å². The van der Waals surface area contributed by atoms with E-state index in [9.17, 15) is 5.11 Å². The Balaban J connectivity index is 2.57. The monoisotopic (exact) mass is 194 g/mol. The summed E-state index contributed by atoms with van der Waals surface area (Å²) in [6, 6.07) is 7.85. The topological polar surface area (TPSA) is 29.5 Å². The molecule has 0 aliphatic rings. The fraction of sp³-hybridized carbons (Fsp3) is 0.500. The number of ether oxygens (including phenoxy) is 1. The van der Waals surface area contributed by atoms with E-state index in [1.165, 1.54) is 0 Å². The van der Waals surface area contributed by atoms with E-state index in [0.717, 1.165) is 24.2 Å². The lowest BCUT2D eigenvalue weighted by Gasteiger charge is -2.09. The summed E-state index contributed by atoms with van der Waals surface area (Å²) in [6.45, 7) is 2.08. The second-order valence-electron chi connectivity index (χ2n) is 3.50. The summed E-state index contributed by atoms with van der Waals surface area (Å²) in [4.78, 5) is 0. The highest BCUT2D eigenvalue weighted by atomic mass is 16.5. The quantitative estimate of drug-likeness (QED) is 0.780. The molecule has 0 aromatic heterocycles. The minimum Gasteiger partial charge on any atom is -0.497 e. The molecule has 0 unspecified atom stereocenters. The molecule has 0 aliphatic carbocycles. The molecule has 0 heterocycles. The molecule has 2 nitrogen and oxygen atoms in total. The molecule has 0 saturated carbocycles. The molecule has 0 aliphatic heterocycles. The predicted octanol–water partition coefficient (Wildman–Crippen LogP) is 2.40. The number of benzene rings is 1. The van der Waals surface area contributed by atoms with Gasteiger partial charge in [0, 0.05) is 0 Å². The molecule has 2 heteroatoms. The zero-order valence-corrected chi connectivity index (χ0v) is 8.86. The van der Waals surface area contributed by atoms with Crippen molar-refractivity contribution in [2.75, 3.05) is 7.11 Å². The maximum atomic E-state index is 9.63. The second-order valence-corrected chi connectivity index (χ2v) is 3.50. The Morgan fingerprint density at radius 2 is 2.21 bits per heavy atom. The lowest BCUT2D eigenvalue weighted by Crippen LogP contribution is -2.09. The highest BCUT2D eigenvalue weighted by molar-refractivity contribution is 5.28. The molecule has 0 saturated heterocycles. The lowest BCUT2D eigenvalue weighted by molar-refractivity contribution is 0.164. The summed E-state index contributed by atoms with van der Waals surface area (Å²) in [6.07, 6.45) is 2.36. The van der Waals surface area contributed by atoms with Crippen LogP contribution in [0.4, 0.5) is 0 Å². The van der Waals surface area contributed by atoms with Gasteiger partial charge in [0.2, 0.25) is 0 Å². The Hall–Kier alpha value is -1.02. The van der Waals surface area contributed by atoms with Crippen LogP contribution in [0, 0.1) is 0 Å². The molecule has 78 valence electrons. The highest BCUT2D eigenvalue weighted by Crippen LogP contribution is 2.15. The van der Waals surface area contributed by atoms with E-state index >= 15 is 0 Å². The van der Waals surface area contributed by atoms with Gasteiger partial charge in [0.1, 0.15) is 5.75 Å². The summed E-state index contributed by atoms with van der Waals surface area (Å²) in [5, 5.41) is 9.63. The Kier molecular flexibility index (Phi) is 4.47. The van der Waals surface area contributed by atoms with Crippen molar-refractivity contribution in [3.8, 4) is 5.75 Å². The molecule has 1 rings (SSSR count). The van der Waals surface area contributed by atoms with Crippen LogP contribution in [0.15, 0.2) is 24.3 Å². The Morgan fingerprint density at radius 3 is 2.86 bits per heavy atom. The first-order chi connectivity index (χ1) is 6.76. The van der Waals surface area contributed by atoms with Gasteiger partial charge in [-0.05, 0) is 30.5 Å². The third-order valence-corrected chi connectivity index (χ3v) is 2.23. The first kappa shape index (κ1) is 11.1. The fourth-order valence-electron chi connectivity index (χ4n) is 1.51. The van der Waals surface area contributed by atoms with E-state index in [4.69, 9.17) is 4.74 Å². The van der Waals surface area contributed by atoms with Crippen LogP contribution in [0.2, 0.25) is 0 Å². The minimum atomic E-state index is -0.230. The second kappa shape index (κ2) is 5.66. The number of hydrogen-bond donors (Lipinski definition) is 1. The van der Waals surface area contributed by atoms with Crippen LogP contribution >= 0.6 is 0 Å². The number of aliphatic hydroxyl groups excluding tert-OH is 1. The zero-order valence-electron chi connectivity index (χ0n) is 8.86. The van der Waals surface area contributed by atoms with Crippen molar-refractivity contribution in [1.29, 1.82) is 0 Å². The molecule has 0 spiro atoms. The molecular weight excluding hydrogens is 176 g/mol. The smallest absolute Gasteiger partial charge is 0.119 e. The largest absolute Gasteiger partial charge is 0.497 e. The van der Waals surface area contributed by atoms with E-state index in [0.29, 0.717) is 6.42 Å². The van der Waals surface area contributed by atoms with Gasteiger partial charge in [-0.2, -0.15) is 0 Å². The third-order valence-electron chi connectivity index (χ3n) is 2.23. The number of rotatable bonds is 5. The van der Waals surface area contributed by atoms with Crippen LogP contribution in [-0.2, 0) is 6.42 Å². The highest BCUT2D eigenvalue weighted by Gasteiger charge is 2.04. The van der Waals surface area contributed by atoms with Crippen LogP contribution in [0.3, 0.4) is 0 Å². The van der Waals surface area contributed by atoms with Gasteiger partial charge in [-0.15, -0.1) is 0 Å². The van der Waals surface area contributed by atoms with Gasteiger partial charge < -0.3 is 9.84 Å². The van der Waals surface area contributed by atoms with Crippen molar-refractivity contribution in [3.05, 3.63) is 29.8 Å². The van der Waals surface area contributed by atoms with Crippen LogP contribution in [0.1, 0.15) is 25.3 Å². The van der Waals surface area contributed by atoms with Crippen LogP contribution in [-0.4, -0.2) is 18.3 Å². The number of methoxy groups -OCH3 is 1. The summed E-state index contributed by atoms with van der Waals surface area (Å²) in [5.41, 5.74) is 1.13. The van der Waals surface area contributed by atoms with Crippen LogP contribution < -0.4 is 4.74 Å². The Bertz CT molecular complexity index is 271. The lowest BCUT2D eigenvalue weighted by atomic mass is 10.0. The average molecular weight is 194 g/mol. The van der Waals surface area contributed by atoms with Crippen molar-refractivity contribution < 1.29 is 9.84 Å². The van der Waals surface area contributed by atoms with Gasteiger partial charge in [-0.1, -0.05) is 25.5 Å². The average Bonchev–Trinajstić information content (AvgIpc) is 2.18. The van der Waals surface area contributed by atoms with Gasteiger partial charge in [-0.25, -0.2) is 0 Å². The maximum Gasteiger partial charge on any atom is 0.119 e. The van der Waals surface area contributed by atoms with Crippen molar-refractivity contribution in [1.82, 2.24) is 0 Å². The molecule has 0 bridgehead atoms. The Labute approximate surface area is 85.5 Å². The summed E-state index contributed by atoms with van der Waals surface area (Å²) < 4.78 is 5.11. The molecule has 0 amide bonds.